The van der Waals surface area contributed by atoms with Crippen molar-refractivity contribution in [2.45, 2.75) is 19.9 Å². The van der Waals surface area contributed by atoms with Crippen LogP contribution in [0.5, 0.6) is 0 Å². The summed E-state index contributed by atoms with van der Waals surface area (Å²) in [7, 11) is 0. The van der Waals surface area contributed by atoms with Gasteiger partial charge in [-0.2, -0.15) is 0 Å². The molecule has 0 aliphatic rings. The van der Waals surface area contributed by atoms with E-state index < -0.39 is 0 Å². The van der Waals surface area contributed by atoms with E-state index in [0.29, 0.717) is 6.04 Å². The monoisotopic (exact) mass is 254 g/mol. The average molecular weight is 255 g/mol. The number of anilines is 1. The van der Waals surface area contributed by atoms with E-state index in [0.717, 1.165) is 21.3 Å². The SMILES string of the molecule is CC(C)Nc1noc2cc(Br)ccc12. The van der Waals surface area contributed by atoms with Crippen LogP contribution in [0.15, 0.2) is 27.2 Å². The summed E-state index contributed by atoms with van der Waals surface area (Å²) in [5.41, 5.74) is 0.794. The number of hydrogen-bond acceptors (Lipinski definition) is 3. The number of fused-ring (bicyclic) bond motifs is 1. The first-order valence-electron chi connectivity index (χ1n) is 4.48. The molecule has 0 aliphatic carbocycles. The van der Waals surface area contributed by atoms with Crippen LogP contribution in [0.1, 0.15) is 13.8 Å². The molecule has 3 nitrogen and oxygen atoms in total. The summed E-state index contributed by atoms with van der Waals surface area (Å²) in [6.45, 7) is 4.14. The largest absolute Gasteiger partial charge is 0.365 e. The second kappa shape index (κ2) is 3.61. The number of nitrogens with one attached hydrogen (secondary N) is 1. The summed E-state index contributed by atoms with van der Waals surface area (Å²) < 4.78 is 6.19. The van der Waals surface area contributed by atoms with Gasteiger partial charge in [0.2, 0.25) is 0 Å². The van der Waals surface area contributed by atoms with Crippen LogP contribution in [0.25, 0.3) is 11.0 Å². The Morgan fingerprint density at radius 1 is 1.43 bits per heavy atom. The zero-order valence-corrected chi connectivity index (χ0v) is 9.63. The van der Waals surface area contributed by atoms with Gasteiger partial charge in [0.1, 0.15) is 0 Å². The Hall–Kier alpha value is -1.03. The lowest BCUT2D eigenvalue weighted by molar-refractivity contribution is 0.458. The Balaban J connectivity index is 2.47. The minimum atomic E-state index is 0.354. The number of hydrogen-bond donors (Lipinski definition) is 1. The molecule has 2 aromatic rings. The van der Waals surface area contributed by atoms with Crippen LogP contribution >= 0.6 is 15.9 Å². The Labute approximate surface area is 90.6 Å². The quantitative estimate of drug-likeness (QED) is 0.893. The molecule has 0 saturated carbocycles. The summed E-state index contributed by atoms with van der Waals surface area (Å²) in [5, 5.41) is 8.21. The molecule has 1 N–H and O–H groups in total. The first-order valence-corrected chi connectivity index (χ1v) is 5.27. The first kappa shape index (κ1) is 9.52. The Morgan fingerprint density at radius 3 is 2.93 bits per heavy atom. The highest BCUT2D eigenvalue weighted by Crippen LogP contribution is 2.25. The summed E-state index contributed by atoms with van der Waals surface area (Å²) in [5.74, 6) is 0.808. The smallest absolute Gasteiger partial charge is 0.177 e. The van der Waals surface area contributed by atoms with Gasteiger partial charge in [-0.25, -0.2) is 0 Å². The number of rotatable bonds is 2. The number of benzene rings is 1. The molecule has 0 spiro atoms. The van der Waals surface area contributed by atoms with Gasteiger partial charge in [-0.1, -0.05) is 21.1 Å². The lowest BCUT2D eigenvalue weighted by Crippen LogP contribution is -2.09. The first-order chi connectivity index (χ1) is 6.66. The highest BCUT2D eigenvalue weighted by Gasteiger charge is 2.08. The van der Waals surface area contributed by atoms with E-state index in [1.54, 1.807) is 0 Å². The Morgan fingerprint density at radius 2 is 2.21 bits per heavy atom. The van der Waals surface area contributed by atoms with Gasteiger partial charge >= 0.3 is 0 Å². The van der Waals surface area contributed by atoms with Gasteiger partial charge < -0.3 is 9.84 Å². The molecule has 0 saturated heterocycles. The normalized spacial score (nSPS) is 11.1. The number of nitrogens with zero attached hydrogens (tertiary/aromatic N) is 1. The van der Waals surface area contributed by atoms with Crippen molar-refractivity contribution in [1.29, 1.82) is 0 Å². The second-order valence-electron chi connectivity index (χ2n) is 3.47. The molecule has 0 atom stereocenters. The molecule has 0 radical (unpaired) electrons. The third kappa shape index (κ3) is 1.75. The van der Waals surface area contributed by atoms with Crippen molar-refractivity contribution in [2.24, 2.45) is 0 Å². The standard InChI is InChI=1S/C10H11BrN2O/c1-6(2)12-10-8-4-3-7(11)5-9(8)14-13-10/h3-6H,1-2H3,(H,12,13). The molecule has 1 heterocycles. The van der Waals surface area contributed by atoms with Gasteiger partial charge in [-0.3, -0.25) is 0 Å². The van der Waals surface area contributed by atoms with E-state index in [2.05, 4.69) is 40.3 Å². The predicted molar refractivity (Wildman–Crippen MR) is 60.5 cm³/mol. The molecular weight excluding hydrogens is 244 g/mol. The van der Waals surface area contributed by atoms with Crippen molar-refractivity contribution in [3.63, 3.8) is 0 Å². The fourth-order valence-electron chi connectivity index (χ4n) is 1.29. The van der Waals surface area contributed by atoms with Gasteiger partial charge in [0.05, 0.1) is 5.39 Å². The third-order valence-electron chi connectivity index (χ3n) is 1.86. The second-order valence-corrected chi connectivity index (χ2v) is 4.39. The molecule has 0 aliphatic heterocycles. The molecule has 1 aromatic carbocycles. The summed E-state index contributed by atoms with van der Waals surface area (Å²) in [6.07, 6.45) is 0. The van der Waals surface area contributed by atoms with E-state index in [1.165, 1.54) is 0 Å². The Kier molecular flexibility index (Phi) is 2.46. The maximum Gasteiger partial charge on any atom is 0.177 e. The molecule has 14 heavy (non-hydrogen) atoms. The van der Waals surface area contributed by atoms with E-state index in [9.17, 15) is 0 Å². The fourth-order valence-corrected chi connectivity index (χ4v) is 1.63. The van der Waals surface area contributed by atoms with Crippen molar-refractivity contribution in [3.8, 4) is 0 Å². The van der Waals surface area contributed by atoms with Crippen LogP contribution < -0.4 is 5.32 Å². The highest BCUT2D eigenvalue weighted by atomic mass is 79.9. The van der Waals surface area contributed by atoms with Crippen LogP contribution in [-0.2, 0) is 0 Å². The van der Waals surface area contributed by atoms with E-state index in [1.807, 2.05) is 18.2 Å². The molecule has 74 valence electrons. The van der Waals surface area contributed by atoms with Crippen molar-refractivity contribution >= 4 is 32.7 Å². The van der Waals surface area contributed by atoms with Gasteiger partial charge in [0, 0.05) is 10.5 Å². The fraction of sp³-hybridized carbons (Fsp3) is 0.300. The maximum absolute atomic E-state index is 5.19. The molecule has 4 heteroatoms. The van der Waals surface area contributed by atoms with E-state index in [4.69, 9.17) is 4.52 Å². The van der Waals surface area contributed by atoms with Crippen molar-refractivity contribution in [2.75, 3.05) is 5.32 Å². The lowest BCUT2D eigenvalue weighted by atomic mass is 10.2. The molecule has 2 rings (SSSR count). The highest BCUT2D eigenvalue weighted by molar-refractivity contribution is 9.10. The van der Waals surface area contributed by atoms with Crippen LogP contribution in [0, 0.1) is 0 Å². The molecule has 0 unspecified atom stereocenters. The van der Waals surface area contributed by atoms with Crippen LogP contribution in [-0.4, -0.2) is 11.2 Å². The van der Waals surface area contributed by atoms with Crippen molar-refractivity contribution < 1.29 is 4.52 Å². The molecule has 0 fully saturated rings. The molecular formula is C10H11BrN2O. The molecule has 1 aromatic heterocycles. The average Bonchev–Trinajstić information content (AvgIpc) is 2.47. The number of halogens is 1. The van der Waals surface area contributed by atoms with Crippen molar-refractivity contribution in [1.82, 2.24) is 5.16 Å². The minimum Gasteiger partial charge on any atom is -0.365 e. The third-order valence-corrected chi connectivity index (χ3v) is 2.35. The Bertz CT molecular complexity index is 450. The maximum atomic E-state index is 5.19. The van der Waals surface area contributed by atoms with Gasteiger partial charge in [0.15, 0.2) is 11.4 Å². The molecule has 0 bridgehead atoms. The van der Waals surface area contributed by atoms with Crippen molar-refractivity contribution in [3.05, 3.63) is 22.7 Å². The van der Waals surface area contributed by atoms with Crippen LogP contribution in [0.4, 0.5) is 5.82 Å². The lowest BCUT2D eigenvalue weighted by Gasteiger charge is -2.04. The summed E-state index contributed by atoms with van der Waals surface area (Å²) in [6, 6.07) is 6.23. The van der Waals surface area contributed by atoms with E-state index in [-0.39, 0.29) is 0 Å². The van der Waals surface area contributed by atoms with Crippen LogP contribution in [0.3, 0.4) is 0 Å². The minimum absolute atomic E-state index is 0.354. The summed E-state index contributed by atoms with van der Waals surface area (Å²) in [4.78, 5) is 0. The number of aromatic nitrogens is 1. The van der Waals surface area contributed by atoms with E-state index >= 15 is 0 Å². The van der Waals surface area contributed by atoms with Gasteiger partial charge in [0.25, 0.3) is 0 Å². The zero-order valence-electron chi connectivity index (χ0n) is 8.04. The van der Waals surface area contributed by atoms with Crippen LogP contribution in [0.2, 0.25) is 0 Å². The zero-order chi connectivity index (χ0) is 10.1. The summed E-state index contributed by atoms with van der Waals surface area (Å²) >= 11 is 3.38. The van der Waals surface area contributed by atoms with Gasteiger partial charge in [-0.15, -0.1) is 0 Å². The van der Waals surface area contributed by atoms with Gasteiger partial charge in [-0.05, 0) is 32.0 Å². The topological polar surface area (TPSA) is 38.1 Å². The molecule has 0 amide bonds. The predicted octanol–water partition coefficient (Wildman–Crippen LogP) is 3.41.